The number of unbranched alkanes of at least 4 members (excludes halogenated alkanes) is 3. The van der Waals surface area contributed by atoms with E-state index in [-0.39, 0.29) is 0 Å². The molecule has 2 saturated heterocycles. The van der Waals surface area contributed by atoms with Gasteiger partial charge in [-0.15, -0.1) is 0 Å². The zero-order chi connectivity index (χ0) is 14.0. The minimum absolute atomic E-state index is 1.16. The van der Waals surface area contributed by atoms with Crippen molar-refractivity contribution in [1.29, 1.82) is 0 Å². The first-order valence-corrected chi connectivity index (χ1v) is 9.02. The maximum atomic E-state index is 3.79. The Morgan fingerprint density at radius 1 is 0.900 bits per heavy atom. The number of piperidine rings is 2. The highest BCUT2D eigenvalue weighted by atomic mass is 15.3. The molecule has 2 rings (SSSR count). The van der Waals surface area contributed by atoms with Gasteiger partial charge in [0.25, 0.3) is 0 Å². The quantitative estimate of drug-likeness (QED) is 0.473. The lowest BCUT2D eigenvalue weighted by atomic mass is 10.1. The number of hydrogen-bond acceptors (Lipinski definition) is 0. The Balaban J connectivity index is 1.89. The van der Waals surface area contributed by atoms with E-state index in [9.17, 15) is 0 Å². The molecule has 0 spiro atoms. The van der Waals surface area contributed by atoms with E-state index in [1.165, 1.54) is 96.3 Å². The highest BCUT2D eigenvalue weighted by Crippen LogP contribution is 2.11. The summed E-state index contributed by atoms with van der Waals surface area (Å²) in [6.07, 6.45) is 13.7. The van der Waals surface area contributed by atoms with Gasteiger partial charge in [0.05, 0.1) is 32.7 Å². The summed E-state index contributed by atoms with van der Waals surface area (Å²) in [6, 6.07) is 0. The Labute approximate surface area is 125 Å². The second-order valence-electron chi connectivity index (χ2n) is 6.41. The first-order valence-electron chi connectivity index (χ1n) is 9.02. The fraction of sp³-hybridized carbons (Fsp3) is 0.941. The summed E-state index contributed by atoms with van der Waals surface area (Å²) in [5.74, 6) is 1.46. The van der Waals surface area contributed by atoms with Gasteiger partial charge in [-0.25, -0.2) is 0 Å². The monoisotopic (exact) mass is 280 g/mol. The number of guanidine groups is 1. The van der Waals surface area contributed by atoms with Gasteiger partial charge in [0.2, 0.25) is 0 Å². The predicted octanol–water partition coefficient (Wildman–Crippen LogP) is 3.19. The van der Waals surface area contributed by atoms with Crippen molar-refractivity contribution in [2.24, 2.45) is 0 Å². The zero-order valence-electron chi connectivity index (χ0n) is 13.5. The van der Waals surface area contributed by atoms with E-state index in [4.69, 9.17) is 0 Å². The third-order valence-electron chi connectivity index (χ3n) is 4.62. The molecule has 2 aliphatic heterocycles. The Bertz CT molecular complexity index is 285. The van der Waals surface area contributed by atoms with Crippen LogP contribution >= 0.6 is 0 Å². The molecule has 3 heteroatoms. The van der Waals surface area contributed by atoms with Crippen molar-refractivity contribution < 1.29 is 4.58 Å². The Morgan fingerprint density at radius 3 is 2.30 bits per heavy atom. The standard InChI is InChI=1S/C17H33N3/c1-2-3-4-7-12-18-17(19-13-8-5-9-14-19)20-15-10-6-11-16-20/h2-16H2,1H3/p+1. The smallest absolute Gasteiger partial charge is 0.278 e. The molecule has 0 bridgehead atoms. The second-order valence-corrected chi connectivity index (χ2v) is 6.41. The van der Waals surface area contributed by atoms with Crippen LogP contribution in [-0.4, -0.2) is 48.2 Å². The normalized spacial score (nSPS) is 20.1. The van der Waals surface area contributed by atoms with Crippen molar-refractivity contribution in [2.45, 2.75) is 71.1 Å². The van der Waals surface area contributed by atoms with E-state index in [0.29, 0.717) is 0 Å². The van der Waals surface area contributed by atoms with E-state index in [1.54, 1.807) is 0 Å². The predicted molar refractivity (Wildman–Crippen MR) is 86.4 cm³/mol. The van der Waals surface area contributed by atoms with Gasteiger partial charge in [0.15, 0.2) is 0 Å². The van der Waals surface area contributed by atoms with E-state index < -0.39 is 0 Å². The first-order chi connectivity index (χ1) is 9.92. The van der Waals surface area contributed by atoms with Gasteiger partial charge in [-0.3, -0.25) is 14.8 Å². The third-order valence-corrected chi connectivity index (χ3v) is 4.62. The van der Waals surface area contributed by atoms with Gasteiger partial charge < -0.3 is 0 Å². The molecule has 3 nitrogen and oxygen atoms in total. The maximum Gasteiger partial charge on any atom is 0.348 e. The number of nitrogens with one attached hydrogen (secondary N) is 1. The van der Waals surface area contributed by atoms with Crippen molar-refractivity contribution in [3.8, 4) is 0 Å². The maximum absolute atomic E-state index is 3.79. The van der Waals surface area contributed by atoms with Crippen LogP contribution in [0.4, 0.5) is 0 Å². The number of nitrogens with zero attached hydrogens (tertiary/aromatic N) is 2. The van der Waals surface area contributed by atoms with Crippen LogP contribution in [0.5, 0.6) is 0 Å². The molecular formula is C17H34N3+. The van der Waals surface area contributed by atoms with Crippen LogP contribution < -0.4 is 5.32 Å². The fourth-order valence-electron chi connectivity index (χ4n) is 3.39. The molecule has 0 aromatic heterocycles. The molecule has 0 aliphatic carbocycles. The topological polar surface area (TPSA) is 18.3 Å². The summed E-state index contributed by atoms with van der Waals surface area (Å²) in [6.45, 7) is 8.47. The van der Waals surface area contributed by atoms with E-state index in [0.717, 1.165) is 6.54 Å². The van der Waals surface area contributed by atoms with Crippen molar-refractivity contribution in [1.82, 2.24) is 10.2 Å². The minimum atomic E-state index is 1.16. The van der Waals surface area contributed by atoms with Crippen LogP contribution in [-0.2, 0) is 0 Å². The molecule has 0 aromatic carbocycles. The highest BCUT2D eigenvalue weighted by Gasteiger charge is 2.24. The van der Waals surface area contributed by atoms with Crippen molar-refractivity contribution in [3.63, 3.8) is 0 Å². The lowest BCUT2D eigenvalue weighted by molar-refractivity contribution is -0.544. The van der Waals surface area contributed by atoms with Crippen LogP contribution in [0, 0.1) is 0 Å². The molecule has 0 radical (unpaired) electrons. The molecule has 2 fully saturated rings. The summed E-state index contributed by atoms with van der Waals surface area (Å²) in [5.41, 5.74) is 0. The average molecular weight is 280 g/mol. The van der Waals surface area contributed by atoms with Crippen LogP contribution in [0.1, 0.15) is 71.1 Å². The van der Waals surface area contributed by atoms with Gasteiger partial charge in [0, 0.05) is 0 Å². The summed E-state index contributed by atoms with van der Waals surface area (Å²) in [5, 5.41) is 3.79. The Kier molecular flexibility index (Phi) is 7.24. The minimum Gasteiger partial charge on any atom is -0.278 e. The molecule has 1 N–H and O–H groups in total. The SMILES string of the molecule is CCCCCCNC(N1CCCCC1)=[N+]1CCCCC1. The second kappa shape index (κ2) is 9.25. The van der Waals surface area contributed by atoms with Crippen LogP contribution in [0.2, 0.25) is 0 Å². The highest BCUT2D eigenvalue weighted by molar-refractivity contribution is 5.75. The summed E-state index contributed by atoms with van der Waals surface area (Å²) in [4.78, 5) is 2.62. The number of rotatable bonds is 5. The summed E-state index contributed by atoms with van der Waals surface area (Å²) < 4.78 is 2.62. The lowest BCUT2D eigenvalue weighted by Gasteiger charge is -2.28. The zero-order valence-corrected chi connectivity index (χ0v) is 13.5. The van der Waals surface area contributed by atoms with Crippen molar-refractivity contribution >= 4 is 5.96 Å². The van der Waals surface area contributed by atoms with Gasteiger partial charge in [-0.2, -0.15) is 0 Å². The van der Waals surface area contributed by atoms with E-state index in [1.807, 2.05) is 0 Å². The van der Waals surface area contributed by atoms with E-state index >= 15 is 0 Å². The Hall–Kier alpha value is -0.730. The van der Waals surface area contributed by atoms with Crippen LogP contribution in [0.15, 0.2) is 0 Å². The van der Waals surface area contributed by atoms with Crippen molar-refractivity contribution in [3.05, 3.63) is 0 Å². The molecule has 0 saturated carbocycles. The van der Waals surface area contributed by atoms with Gasteiger partial charge in [0.1, 0.15) is 0 Å². The third kappa shape index (κ3) is 4.99. The molecule has 20 heavy (non-hydrogen) atoms. The van der Waals surface area contributed by atoms with Gasteiger partial charge in [-0.05, 0) is 44.9 Å². The molecule has 0 aromatic rings. The van der Waals surface area contributed by atoms with Gasteiger partial charge in [-0.1, -0.05) is 26.2 Å². The van der Waals surface area contributed by atoms with Crippen LogP contribution in [0.3, 0.4) is 0 Å². The molecule has 2 aliphatic rings. The molecular weight excluding hydrogens is 246 g/mol. The van der Waals surface area contributed by atoms with E-state index in [2.05, 4.69) is 21.7 Å². The van der Waals surface area contributed by atoms with Crippen molar-refractivity contribution in [2.75, 3.05) is 32.7 Å². The molecule has 116 valence electrons. The molecule has 0 amide bonds. The Morgan fingerprint density at radius 2 is 1.60 bits per heavy atom. The number of hydrogen-bond donors (Lipinski definition) is 1. The first kappa shape index (κ1) is 15.7. The largest absolute Gasteiger partial charge is 0.348 e. The fourth-order valence-corrected chi connectivity index (χ4v) is 3.39. The molecule has 0 unspecified atom stereocenters. The van der Waals surface area contributed by atoms with Gasteiger partial charge >= 0.3 is 5.96 Å². The van der Waals surface area contributed by atoms with Crippen LogP contribution in [0.25, 0.3) is 0 Å². The average Bonchev–Trinajstić information content (AvgIpc) is 2.53. The lowest BCUT2D eigenvalue weighted by Crippen LogP contribution is -2.50. The molecule has 0 atom stereocenters. The molecule has 2 heterocycles. The number of likely N-dealkylation sites (tertiary alicyclic amines) is 1. The summed E-state index contributed by atoms with van der Waals surface area (Å²) in [7, 11) is 0. The summed E-state index contributed by atoms with van der Waals surface area (Å²) >= 11 is 0.